The lowest BCUT2D eigenvalue weighted by Crippen LogP contribution is -2.47. The minimum atomic E-state index is -0.492. The molecule has 1 saturated heterocycles. The molecule has 1 heterocycles. The van der Waals surface area contributed by atoms with Crippen LogP contribution in [0.5, 0.6) is 0 Å². The van der Waals surface area contributed by atoms with E-state index in [-0.39, 0.29) is 11.8 Å². The largest absolute Gasteiger partial charge is 0.330 e. The van der Waals surface area contributed by atoms with E-state index in [2.05, 4.69) is 15.5 Å². The average Bonchev–Trinajstić information content (AvgIpc) is 3.16. The highest BCUT2D eigenvalue weighted by Gasteiger charge is 2.38. The summed E-state index contributed by atoms with van der Waals surface area (Å²) < 4.78 is 0. The first-order valence-electron chi connectivity index (χ1n) is 9.53. The number of hydrogen-bond donors (Lipinski definition) is 1. The lowest BCUT2D eigenvalue weighted by atomic mass is 9.94. The van der Waals surface area contributed by atoms with Crippen LogP contribution in [0.25, 0.3) is 0 Å². The van der Waals surface area contributed by atoms with E-state index in [0.29, 0.717) is 24.3 Å². The van der Waals surface area contributed by atoms with E-state index in [4.69, 9.17) is 0 Å². The number of amides is 2. The molecule has 0 saturated carbocycles. The van der Waals surface area contributed by atoms with Crippen LogP contribution in [0.1, 0.15) is 33.6 Å². The fourth-order valence-corrected chi connectivity index (χ4v) is 3.16. The second-order valence-electron chi connectivity index (χ2n) is 7.98. The summed E-state index contributed by atoms with van der Waals surface area (Å²) in [6.45, 7) is 6.27. The van der Waals surface area contributed by atoms with Crippen molar-refractivity contribution in [1.82, 2.24) is 4.90 Å². The first-order chi connectivity index (χ1) is 13.3. The number of likely N-dealkylation sites (tertiary alicyclic amines) is 1. The lowest BCUT2D eigenvalue weighted by molar-refractivity contribution is -0.143. The van der Waals surface area contributed by atoms with Crippen LogP contribution in [0.3, 0.4) is 0 Å². The summed E-state index contributed by atoms with van der Waals surface area (Å²) in [7, 11) is 0. The predicted octanol–water partition coefficient (Wildman–Crippen LogP) is 5.08. The van der Waals surface area contributed by atoms with Gasteiger partial charge in [-0.25, -0.2) is 0 Å². The van der Waals surface area contributed by atoms with E-state index in [1.807, 2.05) is 51.1 Å². The molecule has 0 spiro atoms. The van der Waals surface area contributed by atoms with Gasteiger partial charge in [0.15, 0.2) is 0 Å². The van der Waals surface area contributed by atoms with Crippen LogP contribution >= 0.6 is 0 Å². The van der Waals surface area contributed by atoms with Crippen molar-refractivity contribution in [3.05, 3.63) is 54.6 Å². The van der Waals surface area contributed by atoms with Crippen LogP contribution in [0.2, 0.25) is 0 Å². The topological polar surface area (TPSA) is 74.1 Å². The Morgan fingerprint density at radius 2 is 1.57 bits per heavy atom. The van der Waals surface area contributed by atoms with Gasteiger partial charge < -0.3 is 10.2 Å². The molecule has 28 heavy (non-hydrogen) atoms. The van der Waals surface area contributed by atoms with Crippen LogP contribution in [0.15, 0.2) is 64.8 Å². The number of nitrogens with one attached hydrogen (secondary N) is 1. The van der Waals surface area contributed by atoms with E-state index < -0.39 is 11.5 Å². The molecule has 1 aliphatic heterocycles. The summed E-state index contributed by atoms with van der Waals surface area (Å²) in [6, 6.07) is 16.3. The van der Waals surface area contributed by atoms with Gasteiger partial charge >= 0.3 is 0 Å². The third-order valence-electron chi connectivity index (χ3n) is 4.63. The second-order valence-corrected chi connectivity index (χ2v) is 7.98. The molecule has 2 aromatic rings. The quantitative estimate of drug-likeness (QED) is 0.754. The summed E-state index contributed by atoms with van der Waals surface area (Å²) in [4.78, 5) is 27.0. The number of benzene rings is 2. The third kappa shape index (κ3) is 4.82. The SMILES string of the molecule is CC(C)(C)C(=O)N1CCC[C@H]1C(=O)Nc1ccc(/N=N/c2ccccc2)cc1. The number of carbonyl (C=O) groups is 2. The first-order valence-corrected chi connectivity index (χ1v) is 9.53. The maximum atomic E-state index is 12.7. The van der Waals surface area contributed by atoms with E-state index in [0.717, 1.165) is 12.1 Å². The summed E-state index contributed by atoms with van der Waals surface area (Å²) in [6.07, 6.45) is 1.54. The van der Waals surface area contributed by atoms with E-state index >= 15 is 0 Å². The van der Waals surface area contributed by atoms with E-state index in [1.54, 1.807) is 29.2 Å². The predicted molar refractivity (Wildman–Crippen MR) is 110 cm³/mol. The van der Waals surface area contributed by atoms with Gasteiger partial charge in [0.1, 0.15) is 6.04 Å². The summed E-state index contributed by atoms with van der Waals surface area (Å²) in [5.74, 6) is -0.129. The van der Waals surface area contributed by atoms with Crippen LogP contribution in [-0.2, 0) is 9.59 Å². The van der Waals surface area contributed by atoms with Gasteiger partial charge in [0, 0.05) is 17.6 Å². The van der Waals surface area contributed by atoms with Crippen molar-refractivity contribution < 1.29 is 9.59 Å². The van der Waals surface area contributed by atoms with Gasteiger partial charge in [-0.2, -0.15) is 10.2 Å². The Labute approximate surface area is 165 Å². The number of rotatable bonds is 4. The maximum absolute atomic E-state index is 12.7. The number of carbonyl (C=O) groups excluding carboxylic acids is 2. The molecule has 2 aromatic carbocycles. The Hall–Kier alpha value is -3.02. The van der Waals surface area contributed by atoms with Crippen molar-refractivity contribution in [2.24, 2.45) is 15.6 Å². The van der Waals surface area contributed by atoms with Crippen molar-refractivity contribution >= 4 is 28.9 Å². The monoisotopic (exact) mass is 378 g/mol. The molecule has 0 bridgehead atoms. The number of hydrogen-bond acceptors (Lipinski definition) is 4. The Morgan fingerprint density at radius 1 is 0.964 bits per heavy atom. The fourth-order valence-electron chi connectivity index (χ4n) is 3.16. The average molecular weight is 378 g/mol. The van der Waals surface area contributed by atoms with Crippen LogP contribution in [0.4, 0.5) is 17.1 Å². The third-order valence-corrected chi connectivity index (χ3v) is 4.63. The number of anilines is 1. The molecular weight excluding hydrogens is 352 g/mol. The lowest BCUT2D eigenvalue weighted by Gasteiger charge is -2.30. The summed E-state index contributed by atoms with van der Waals surface area (Å²) >= 11 is 0. The molecule has 1 fully saturated rings. The molecule has 0 aliphatic carbocycles. The fraction of sp³-hybridized carbons (Fsp3) is 0.364. The Bertz CT molecular complexity index is 854. The highest BCUT2D eigenvalue weighted by atomic mass is 16.2. The van der Waals surface area contributed by atoms with Crippen molar-refractivity contribution in [3.63, 3.8) is 0 Å². The molecule has 0 radical (unpaired) electrons. The Morgan fingerprint density at radius 3 is 2.18 bits per heavy atom. The normalized spacial score (nSPS) is 17.1. The van der Waals surface area contributed by atoms with Gasteiger partial charge in [0.25, 0.3) is 0 Å². The number of nitrogens with zero attached hydrogens (tertiary/aromatic N) is 3. The second kappa shape index (κ2) is 8.33. The van der Waals surface area contributed by atoms with Crippen molar-refractivity contribution in [2.45, 2.75) is 39.7 Å². The molecule has 1 aliphatic rings. The van der Waals surface area contributed by atoms with Gasteiger partial charge in [-0.1, -0.05) is 39.0 Å². The van der Waals surface area contributed by atoms with Gasteiger partial charge in [-0.3, -0.25) is 9.59 Å². The van der Waals surface area contributed by atoms with Crippen LogP contribution in [-0.4, -0.2) is 29.3 Å². The molecule has 1 N–H and O–H groups in total. The highest BCUT2D eigenvalue weighted by molar-refractivity contribution is 5.98. The maximum Gasteiger partial charge on any atom is 0.247 e. The van der Waals surface area contributed by atoms with Crippen molar-refractivity contribution in [1.29, 1.82) is 0 Å². The van der Waals surface area contributed by atoms with Gasteiger partial charge in [-0.15, -0.1) is 0 Å². The molecule has 6 nitrogen and oxygen atoms in total. The minimum absolute atomic E-state index is 0.0156. The zero-order valence-electron chi connectivity index (χ0n) is 16.6. The van der Waals surface area contributed by atoms with Crippen LogP contribution in [0, 0.1) is 5.41 Å². The van der Waals surface area contributed by atoms with Crippen molar-refractivity contribution in [2.75, 3.05) is 11.9 Å². The molecule has 1 atom stereocenters. The van der Waals surface area contributed by atoms with Gasteiger partial charge in [0.05, 0.1) is 11.4 Å². The minimum Gasteiger partial charge on any atom is -0.330 e. The van der Waals surface area contributed by atoms with E-state index in [1.165, 1.54) is 0 Å². The highest BCUT2D eigenvalue weighted by Crippen LogP contribution is 2.27. The molecule has 2 amide bonds. The van der Waals surface area contributed by atoms with Crippen molar-refractivity contribution in [3.8, 4) is 0 Å². The zero-order valence-corrected chi connectivity index (χ0v) is 16.6. The molecular formula is C22H26N4O2. The summed E-state index contributed by atoms with van der Waals surface area (Å²) in [5.41, 5.74) is 1.67. The first kappa shape index (κ1) is 19.7. The summed E-state index contributed by atoms with van der Waals surface area (Å²) in [5, 5.41) is 11.3. The molecule has 0 unspecified atom stereocenters. The Balaban J connectivity index is 1.63. The standard InChI is InChI=1S/C22H26N4O2/c1-22(2,3)21(28)26-15-7-10-19(26)20(27)23-16-11-13-18(14-12-16)25-24-17-8-5-4-6-9-17/h4-6,8-9,11-14,19H,7,10,15H2,1-3H3,(H,23,27)/b25-24+/t19-/m0/s1. The zero-order chi connectivity index (χ0) is 20.1. The molecule has 6 heteroatoms. The molecule has 0 aromatic heterocycles. The van der Waals surface area contributed by atoms with Gasteiger partial charge in [0.2, 0.25) is 11.8 Å². The van der Waals surface area contributed by atoms with Crippen LogP contribution < -0.4 is 5.32 Å². The van der Waals surface area contributed by atoms with Gasteiger partial charge in [-0.05, 0) is 49.2 Å². The smallest absolute Gasteiger partial charge is 0.247 e. The van der Waals surface area contributed by atoms with E-state index in [9.17, 15) is 9.59 Å². The molecule has 146 valence electrons. The Kier molecular flexibility index (Phi) is 5.87. The molecule has 3 rings (SSSR count). The number of azo groups is 1.